The van der Waals surface area contributed by atoms with Gasteiger partial charge in [-0.2, -0.15) is 0 Å². The van der Waals surface area contributed by atoms with Crippen LogP contribution in [0.1, 0.15) is 0 Å². The van der Waals surface area contributed by atoms with Gasteiger partial charge in [0.05, 0.1) is 0 Å². The lowest BCUT2D eigenvalue weighted by Gasteiger charge is -2.26. The predicted molar refractivity (Wildman–Crippen MR) is 184 cm³/mol. The zero-order valence-corrected chi connectivity index (χ0v) is 24.0. The van der Waals surface area contributed by atoms with Gasteiger partial charge in [0.1, 0.15) is 11.2 Å². The van der Waals surface area contributed by atoms with Gasteiger partial charge in [0.15, 0.2) is 0 Å². The average molecular weight is 568 g/mol. The van der Waals surface area contributed by atoms with Crippen LogP contribution in [0.2, 0.25) is 0 Å². The summed E-state index contributed by atoms with van der Waals surface area (Å²) in [5.74, 6) is 0. The number of hydrogen-bond donors (Lipinski definition) is 0. The highest BCUT2D eigenvalue weighted by Gasteiger charge is 2.17. The van der Waals surface area contributed by atoms with Crippen molar-refractivity contribution < 1.29 is 4.42 Å². The fraction of sp³-hybridized carbons (Fsp3) is 0. The van der Waals surface area contributed by atoms with Gasteiger partial charge in [-0.15, -0.1) is 11.3 Å². The molecule has 0 unspecified atom stereocenters. The molecule has 2 nitrogen and oxygen atoms in total. The van der Waals surface area contributed by atoms with Crippen molar-refractivity contribution in [3.63, 3.8) is 0 Å². The fourth-order valence-corrected chi connectivity index (χ4v) is 7.49. The molecule has 9 aromatic rings. The first-order valence-corrected chi connectivity index (χ1v) is 15.3. The maximum absolute atomic E-state index is 6.17. The van der Waals surface area contributed by atoms with Crippen molar-refractivity contribution in [3.05, 3.63) is 152 Å². The molecule has 202 valence electrons. The van der Waals surface area contributed by atoms with Crippen LogP contribution in [-0.4, -0.2) is 0 Å². The van der Waals surface area contributed by atoms with Crippen LogP contribution in [0.3, 0.4) is 0 Å². The van der Waals surface area contributed by atoms with Crippen molar-refractivity contribution in [2.75, 3.05) is 4.90 Å². The summed E-state index contributed by atoms with van der Waals surface area (Å²) in [6.45, 7) is 0. The van der Waals surface area contributed by atoms with Crippen molar-refractivity contribution in [1.29, 1.82) is 0 Å². The maximum Gasteiger partial charge on any atom is 0.135 e. The minimum Gasteiger partial charge on any atom is -0.456 e. The minimum absolute atomic E-state index is 0.899. The zero-order chi connectivity index (χ0) is 28.3. The van der Waals surface area contributed by atoms with Gasteiger partial charge in [-0.25, -0.2) is 0 Å². The minimum atomic E-state index is 0.899. The van der Waals surface area contributed by atoms with E-state index >= 15 is 0 Å². The third-order valence-electron chi connectivity index (χ3n) is 8.43. The zero-order valence-electron chi connectivity index (χ0n) is 23.2. The van der Waals surface area contributed by atoms with Crippen LogP contribution in [0, 0.1) is 0 Å². The quantitative estimate of drug-likeness (QED) is 0.210. The molecule has 0 aliphatic heterocycles. The molecule has 43 heavy (non-hydrogen) atoms. The van der Waals surface area contributed by atoms with Gasteiger partial charge in [0, 0.05) is 48.0 Å². The molecule has 0 fully saturated rings. The largest absolute Gasteiger partial charge is 0.456 e. The second-order valence-corrected chi connectivity index (χ2v) is 12.1. The van der Waals surface area contributed by atoms with Gasteiger partial charge in [-0.3, -0.25) is 0 Å². The molecule has 0 N–H and O–H groups in total. The number of hydrogen-bond acceptors (Lipinski definition) is 3. The number of furan rings is 1. The maximum atomic E-state index is 6.17. The van der Waals surface area contributed by atoms with Crippen molar-refractivity contribution in [2.24, 2.45) is 0 Å². The fourth-order valence-electron chi connectivity index (χ4n) is 6.32. The molecular formula is C40H25NOS. The van der Waals surface area contributed by atoms with E-state index in [2.05, 4.69) is 144 Å². The summed E-state index contributed by atoms with van der Waals surface area (Å²) in [5, 5.41) is 7.42. The molecular weight excluding hydrogens is 543 g/mol. The van der Waals surface area contributed by atoms with Crippen LogP contribution in [0.5, 0.6) is 0 Å². The summed E-state index contributed by atoms with van der Waals surface area (Å²) < 4.78 is 8.77. The lowest BCUT2D eigenvalue weighted by atomic mass is 10.0. The molecule has 0 radical (unpaired) electrons. The normalized spacial score (nSPS) is 11.7. The summed E-state index contributed by atoms with van der Waals surface area (Å²) in [6.07, 6.45) is 0. The Morgan fingerprint density at radius 1 is 0.395 bits per heavy atom. The standard InChI is InChI=1S/C40H25NOS/c1-2-8-26(9-3-1)27-14-16-30(17-15-27)41(31-19-21-38-35(24-31)33-12-6-7-13-37(33)42-38)32-18-20-34-36-22-28-10-4-5-11-29(28)23-39(36)43-40(34)25-32/h1-25H. The number of thiophene rings is 1. The smallest absolute Gasteiger partial charge is 0.135 e. The third-order valence-corrected chi connectivity index (χ3v) is 9.55. The van der Waals surface area contributed by atoms with Crippen LogP contribution in [0.25, 0.3) is 64.0 Å². The number of benzene rings is 7. The Morgan fingerprint density at radius 2 is 1.02 bits per heavy atom. The summed E-state index contributed by atoms with van der Waals surface area (Å²) in [5.41, 5.74) is 7.56. The monoisotopic (exact) mass is 567 g/mol. The van der Waals surface area contributed by atoms with E-state index in [9.17, 15) is 0 Å². The molecule has 2 aromatic heterocycles. The Balaban J connectivity index is 1.23. The number of fused-ring (bicyclic) bond motifs is 7. The van der Waals surface area contributed by atoms with E-state index in [1.54, 1.807) is 0 Å². The molecule has 0 spiro atoms. The SMILES string of the molecule is c1ccc(-c2ccc(N(c3ccc4c(c3)sc3cc5ccccc5cc34)c3ccc4oc5ccccc5c4c3)cc2)cc1. The second kappa shape index (κ2) is 9.59. The Morgan fingerprint density at radius 3 is 1.88 bits per heavy atom. The highest BCUT2D eigenvalue weighted by molar-refractivity contribution is 7.25. The Hall–Kier alpha value is -5.38. The molecule has 0 saturated heterocycles. The Kier molecular flexibility index (Phi) is 5.40. The van der Waals surface area contributed by atoms with E-state index in [1.165, 1.54) is 42.1 Å². The molecule has 0 bridgehead atoms. The van der Waals surface area contributed by atoms with Crippen molar-refractivity contribution in [2.45, 2.75) is 0 Å². The molecule has 0 aliphatic carbocycles. The highest BCUT2D eigenvalue weighted by atomic mass is 32.1. The van der Waals surface area contributed by atoms with Gasteiger partial charge >= 0.3 is 0 Å². The lowest BCUT2D eigenvalue weighted by molar-refractivity contribution is 0.669. The van der Waals surface area contributed by atoms with Gasteiger partial charge in [-0.1, -0.05) is 91.0 Å². The molecule has 0 saturated carbocycles. The van der Waals surface area contributed by atoms with Gasteiger partial charge in [0.25, 0.3) is 0 Å². The summed E-state index contributed by atoms with van der Waals surface area (Å²) in [7, 11) is 0. The molecule has 3 heteroatoms. The van der Waals surface area contributed by atoms with Crippen molar-refractivity contribution in [1.82, 2.24) is 0 Å². The van der Waals surface area contributed by atoms with Gasteiger partial charge in [0.2, 0.25) is 0 Å². The van der Waals surface area contributed by atoms with Crippen LogP contribution in [-0.2, 0) is 0 Å². The van der Waals surface area contributed by atoms with Crippen LogP contribution in [0.15, 0.2) is 156 Å². The summed E-state index contributed by atoms with van der Waals surface area (Å²) in [4.78, 5) is 2.36. The molecule has 2 heterocycles. The van der Waals surface area contributed by atoms with E-state index in [0.717, 1.165) is 39.0 Å². The molecule has 0 aliphatic rings. The van der Waals surface area contributed by atoms with Gasteiger partial charge < -0.3 is 9.32 Å². The van der Waals surface area contributed by atoms with E-state index < -0.39 is 0 Å². The molecule has 0 amide bonds. The topological polar surface area (TPSA) is 16.4 Å². The number of anilines is 3. The Bertz CT molecular complexity index is 2450. The van der Waals surface area contributed by atoms with Crippen molar-refractivity contribution >= 4 is 81.3 Å². The van der Waals surface area contributed by atoms with E-state index in [4.69, 9.17) is 4.42 Å². The second-order valence-electron chi connectivity index (χ2n) is 11.0. The first-order chi connectivity index (χ1) is 21.3. The number of nitrogens with zero attached hydrogens (tertiary/aromatic N) is 1. The third kappa shape index (κ3) is 4.01. The van der Waals surface area contributed by atoms with Crippen LogP contribution < -0.4 is 4.90 Å². The first-order valence-electron chi connectivity index (χ1n) is 14.5. The summed E-state index contributed by atoms with van der Waals surface area (Å²) >= 11 is 1.86. The lowest BCUT2D eigenvalue weighted by Crippen LogP contribution is -2.09. The van der Waals surface area contributed by atoms with Crippen molar-refractivity contribution in [3.8, 4) is 11.1 Å². The van der Waals surface area contributed by atoms with Crippen LogP contribution in [0.4, 0.5) is 17.1 Å². The van der Waals surface area contributed by atoms with E-state index in [1.807, 2.05) is 23.5 Å². The predicted octanol–water partition coefficient (Wildman–Crippen LogP) is 12.2. The highest BCUT2D eigenvalue weighted by Crippen LogP contribution is 2.43. The van der Waals surface area contributed by atoms with Gasteiger partial charge in [-0.05, 0) is 82.6 Å². The van der Waals surface area contributed by atoms with Crippen LogP contribution >= 0.6 is 11.3 Å². The first kappa shape index (κ1) is 24.2. The summed E-state index contributed by atoms with van der Waals surface area (Å²) in [6, 6.07) is 54.4. The van der Waals surface area contributed by atoms with E-state index in [0.29, 0.717) is 0 Å². The molecule has 0 atom stereocenters. The van der Waals surface area contributed by atoms with E-state index in [-0.39, 0.29) is 0 Å². The number of rotatable bonds is 4. The molecule has 9 rings (SSSR count). The molecule has 7 aromatic carbocycles. The number of para-hydroxylation sites is 1. The Labute approximate surface area is 252 Å². The average Bonchev–Trinajstić information content (AvgIpc) is 3.61.